The molecule has 188 valence electrons. The maximum absolute atomic E-state index is 12.4. The van der Waals surface area contributed by atoms with E-state index in [-0.39, 0.29) is 5.41 Å². The summed E-state index contributed by atoms with van der Waals surface area (Å²) in [7, 11) is 3.67. The van der Waals surface area contributed by atoms with Crippen LogP contribution in [-0.4, -0.2) is 47.3 Å². The first-order valence-corrected chi connectivity index (χ1v) is 12.4. The van der Waals surface area contributed by atoms with Crippen LogP contribution < -0.4 is 4.74 Å². The molecular weight excluding hydrogens is 448 g/mol. The minimum Gasteiger partial charge on any atom is -0.497 e. The predicted octanol–water partition coefficient (Wildman–Crippen LogP) is 4.66. The lowest BCUT2D eigenvalue weighted by molar-refractivity contribution is -0.127. The van der Waals surface area contributed by atoms with Gasteiger partial charge >= 0.3 is 0 Å². The quantitative estimate of drug-likeness (QED) is 0.498. The molecule has 1 aromatic heterocycles. The molecule has 2 heterocycles. The summed E-state index contributed by atoms with van der Waals surface area (Å²) >= 11 is 0. The Morgan fingerprint density at radius 3 is 2.14 bits per heavy atom. The number of hydrogen-bond donors (Lipinski definition) is 2. The highest BCUT2D eigenvalue weighted by Crippen LogP contribution is 2.50. The highest BCUT2D eigenvalue weighted by Gasteiger charge is 2.55. The zero-order chi connectivity index (χ0) is 26.1. The van der Waals surface area contributed by atoms with Gasteiger partial charge in [0.1, 0.15) is 17.0 Å². The van der Waals surface area contributed by atoms with Crippen molar-refractivity contribution in [2.24, 2.45) is 5.41 Å². The van der Waals surface area contributed by atoms with Gasteiger partial charge in [-0.15, -0.1) is 0 Å². The lowest BCUT2D eigenvalue weighted by Crippen LogP contribution is -2.63. The van der Waals surface area contributed by atoms with Gasteiger partial charge in [0.2, 0.25) is 0 Å². The molecule has 5 heteroatoms. The van der Waals surface area contributed by atoms with Gasteiger partial charge in [-0.2, -0.15) is 0 Å². The molecule has 0 radical (unpaired) electrons. The van der Waals surface area contributed by atoms with E-state index in [0.717, 1.165) is 24.4 Å². The maximum Gasteiger partial charge on any atom is 0.148 e. The first kappa shape index (κ1) is 25.9. The van der Waals surface area contributed by atoms with Crippen LogP contribution in [0, 0.1) is 17.3 Å². The molecule has 4 rings (SSSR count). The molecule has 1 fully saturated rings. The van der Waals surface area contributed by atoms with E-state index in [1.54, 1.807) is 50.7 Å². The molecule has 2 atom stereocenters. The number of ether oxygens (including phenoxy) is 1. The number of aliphatic hydroxyl groups is 2. The van der Waals surface area contributed by atoms with Gasteiger partial charge in [-0.3, -0.25) is 4.98 Å². The normalized spacial score (nSPS) is 18.4. The molecule has 1 aliphatic heterocycles. The van der Waals surface area contributed by atoms with Gasteiger partial charge in [-0.25, -0.2) is 0 Å². The van der Waals surface area contributed by atoms with Crippen molar-refractivity contribution >= 4 is 0 Å². The molecule has 1 unspecified atom stereocenters. The summed E-state index contributed by atoms with van der Waals surface area (Å²) in [5.74, 6) is 7.19. The zero-order valence-electron chi connectivity index (χ0n) is 22.0. The molecule has 0 bridgehead atoms. The Kier molecular flexibility index (Phi) is 6.99. The van der Waals surface area contributed by atoms with Crippen molar-refractivity contribution in [3.8, 4) is 17.6 Å². The van der Waals surface area contributed by atoms with Crippen molar-refractivity contribution < 1.29 is 14.9 Å². The van der Waals surface area contributed by atoms with Gasteiger partial charge in [0.15, 0.2) is 0 Å². The largest absolute Gasteiger partial charge is 0.497 e. The third-order valence-electron chi connectivity index (χ3n) is 7.36. The van der Waals surface area contributed by atoms with Crippen LogP contribution in [0.5, 0.6) is 5.75 Å². The smallest absolute Gasteiger partial charge is 0.148 e. The van der Waals surface area contributed by atoms with Gasteiger partial charge in [-0.05, 0) is 54.8 Å². The predicted molar refractivity (Wildman–Crippen MR) is 143 cm³/mol. The van der Waals surface area contributed by atoms with Crippen LogP contribution >= 0.6 is 0 Å². The molecule has 2 aromatic carbocycles. The van der Waals surface area contributed by atoms with E-state index in [9.17, 15) is 10.2 Å². The Morgan fingerprint density at radius 2 is 1.58 bits per heavy atom. The average molecular weight is 485 g/mol. The maximum atomic E-state index is 12.4. The van der Waals surface area contributed by atoms with Crippen LogP contribution in [-0.2, 0) is 11.2 Å². The van der Waals surface area contributed by atoms with Gasteiger partial charge in [0.05, 0.1) is 7.11 Å². The molecule has 1 aliphatic rings. The molecule has 2 N–H and O–H groups in total. The third kappa shape index (κ3) is 4.77. The van der Waals surface area contributed by atoms with Crippen LogP contribution in [0.25, 0.3) is 0 Å². The van der Waals surface area contributed by atoms with Crippen LogP contribution in [0.1, 0.15) is 61.4 Å². The summed E-state index contributed by atoms with van der Waals surface area (Å²) in [6.07, 6.45) is 3.39. The van der Waals surface area contributed by atoms with Crippen molar-refractivity contribution in [3.63, 3.8) is 0 Å². The molecule has 0 saturated carbocycles. The van der Waals surface area contributed by atoms with Crippen LogP contribution in [0.3, 0.4) is 0 Å². The second kappa shape index (κ2) is 9.71. The van der Waals surface area contributed by atoms with E-state index < -0.39 is 11.2 Å². The number of hydrogen-bond acceptors (Lipinski definition) is 5. The Bertz CT molecular complexity index is 1260. The van der Waals surface area contributed by atoms with E-state index in [1.165, 1.54) is 5.56 Å². The lowest BCUT2D eigenvalue weighted by atomic mass is 9.62. The fourth-order valence-electron chi connectivity index (χ4n) is 5.23. The second-order valence-electron chi connectivity index (χ2n) is 10.7. The average Bonchev–Trinajstić information content (AvgIpc) is 2.86. The molecule has 5 nitrogen and oxygen atoms in total. The summed E-state index contributed by atoms with van der Waals surface area (Å²) in [6, 6.07) is 17.4. The summed E-state index contributed by atoms with van der Waals surface area (Å²) < 4.78 is 5.21. The van der Waals surface area contributed by atoms with Crippen LogP contribution in [0.2, 0.25) is 0 Å². The van der Waals surface area contributed by atoms with Crippen molar-refractivity contribution in [2.75, 3.05) is 27.2 Å². The zero-order valence-corrected chi connectivity index (χ0v) is 22.0. The number of likely N-dealkylation sites (tertiary alicyclic amines) is 1. The van der Waals surface area contributed by atoms with Crippen LogP contribution in [0.4, 0.5) is 0 Å². The summed E-state index contributed by atoms with van der Waals surface area (Å²) in [5, 5.41) is 23.4. The highest BCUT2D eigenvalue weighted by atomic mass is 16.5. The van der Waals surface area contributed by atoms with Crippen molar-refractivity contribution in [1.82, 2.24) is 9.88 Å². The Balaban J connectivity index is 1.72. The monoisotopic (exact) mass is 484 g/mol. The van der Waals surface area contributed by atoms with Crippen LogP contribution in [0.15, 0.2) is 67.0 Å². The van der Waals surface area contributed by atoms with Crippen molar-refractivity contribution in [2.45, 2.75) is 44.8 Å². The number of aromatic nitrogens is 1. The molecule has 0 spiro atoms. The fourth-order valence-corrected chi connectivity index (χ4v) is 5.23. The first-order chi connectivity index (χ1) is 17.0. The Labute approximate surface area is 214 Å². The number of benzene rings is 2. The van der Waals surface area contributed by atoms with E-state index in [0.29, 0.717) is 22.6 Å². The lowest BCUT2D eigenvalue weighted by Gasteiger charge is -2.55. The molecular formula is C31H36N2O3. The van der Waals surface area contributed by atoms with E-state index in [1.807, 2.05) is 18.2 Å². The van der Waals surface area contributed by atoms with Crippen molar-refractivity contribution in [3.05, 3.63) is 94.8 Å². The van der Waals surface area contributed by atoms with E-state index >= 15 is 0 Å². The third-order valence-corrected chi connectivity index (χ3v) is 7.36. The first-order valence-electron chi connectivity index (χ1n) is 12.4. The van der Waals surface area contributed by atoms with Crippen molar-refractivity contribution in [1.29, 1.82) is 0 Å². The Morgan fingerprint density at radius 1 is 0.972 bits per heavy atom. The molecule has 0 aliphatic carbocycles. The highest BCUT2D eigenvalue weighted by molar-refractivity contribution is 5.46. The Hall–Kier alpha value is -3.17. The molecule has 3 aromatic rings. The summed E-state index contributed by atoms with van der Waals surface area (Å²) in [4.78, 5) is 6.64. The SMILES string of the molecule is COc1ccc(C(C)(O)C#Cc2cncc([C@@](O)(c3ccc(C(C)C)cc3)C3(C)CN(C)C3)c2)cc1. The molecule has 36 heavy (non-hydrogen) atoms. The standard InChI is InChI=1S/C31H36N2O3/c1-22(2)24-7-9-26(10-8-24)31(35,29(3)20-33(5)21-29)27-17-23(18-32-19-27)15-16-30(4,34)25-11-13-28(36-6)14-12-25/h7-14,17-19,22,34-35H,20-21H2,1-6H3/t30?,31-/m0/s1. The van der Waals surface area contributed by atoms with E-state index in [4.69, 9.17) is 4.74 Å². The minimum atomic E-state index is -1.35. The number of nitrogens with zero attached hydrogens (tertiary/aromatic N) is 2. The van der Waals surface area contributed by atoms with Gasteiger partial charge in [0, 0.05) is 42.0 Å². The second-order valence-corrected chi connectivity index (χ2v) is 10.7. The molecule has 1 saturated heterocycles. The van der Waals surface area contributed by atoms with Gasteiger partial charge in [0.25, 0.3) is 0 Å². The van der Waals surface area contributed by atoms with Gasteiger partial charge in [-0.1, -0.05) is 69.0 Å². The topological polar surface area (TPSA) is 65.8 Å². The number of rotatable bonds is 6. The number of methoxy groups -OCH3 is 1. The fraction of sp³-hybridized carbons (Fsp3) is 0.387. The molecule has 0 amide bonds. The van der Waals surface area contributed by atoms with E-state index in [2.05, 4.69) is 61.7 Å². The minimum absolute atomic E-state index is 0.385. The summed E-state index contributed by atoms with van der Waals surface area (Å²) in [6.45, 7) is 9.63. The van der Waals surface area contributed by atoms with Gasteiger partial charge < -0.3 is 19.8 Å². The number of pyridine rings is 1. The summed E-state index contributed by atoms with van der Waals surface area (Å²) in [5.41, 5.74) is 1.11.